The third-order valence-electron chi connectivity index (χ3n) is 6.40. The second-order valence-corrected chi connectivity index (χ2v) is 8.45. The first-order valence-electron chi connectivity index (χ1n) is 10.8. The van der Waals surface area contributed by atoms with E-state index in [4.69, 9.17) is 4.74 Å². The maximum atomic E-state index is 13.6. The Kier molecular flexibility index (Phi) is 6.06. The fourth-order valence-corrected chi connectivity index (χ4v) is 5.04. The molecule has 7 heteroatoms. The number of carbonyl (C=O) groups excluding carboxylic acids is 2. The van der Waals surface area contributed by atoms with E-state index in [0.717, 1.165) is 25.7 Å². The molecular formula is C23H30N4O3. The maximum Gasteiger partial charge on any atom is 0.258 e. The standard InChI is InChI=1S/C23H30N4O3/c1-16(14-26-12-11-24-15-26)25-22(28)20-13-17-7-3-5-9-19(17)27(20)23(29)18-8-4-6-10-21(18)30-2/h4,6,8,10-12,15-17,19-20H,3,5,7,9,13-14H2,1-2H3,(H,25,28)/t16-,17+,19-,20+/m1/s1. The average Bonchev–Trinajstić information content (AvgIpc) is 3.40. The van der Waals surface area contributed by atoms with Crippen molar-refractivity contribution < 1.29 is 14.3 Å². The van der Waals surface area contributed by atoms with Gasteiger partial charge in [0.2, 0.25) is 5.91 Å². The van der Waals surface area contributed by atoms with Gasteiger partial charge in [0.05, 0.1) is 19.0 Å². The fourth-order valence-electron chi connectivity index (χ4n) is 5.04. The third kappa shape index (κ3) is 4.06. The van der Waals surface area contributed by atoms with Crippen LogP contribution >= 0.6 is 0 Å². The third-order valence-corrected chi connectivity index (χ3v) is 6.40. The Morgan fingerprint density at radius 3 is 2.83 bits per heavy atom. The molecule has 1 aliphatic heterocycles. The monoisotopic (exact) mass is 410 g/mol. The Balaban J connectivity index is 1.55. The Morgan fingerprint density at radius 2 is 2.07 bits per heavy atom. The summed E-state index contributed by atoms with van der Waals surface area (Å²) in [4.78, 5) is 32.8. The first-order chi connectivity index (χ1) is 14.6. The molecule has 4 rings (SSSR count). The molecule has 2 aromatic rings. The Morgan fingerprint density at radius 1 is 1.27 bits per heavy atom. The number of hydrogen-bond acceptors (Lipinski definition) is 4. The van der Waals surface area contributed by atoms with Crippen LogP contribution in [0.3, 0.4) is 0 Å². The van der Waals surface area contributed by atoms with Gasteiger partial charge >= 0.3 is 0 Å². The van der Waals surface area contributed by atoms with Gasteiger partial charge in [-0.1, -0.05) is 25.0 Å². The van der Waals surface area contributed by atoms with E-state index >= 15 is 0 Å². The first kappa shape index (κ1) is 20.4. The molecule has 0 spiro atoms. The molecule has 2 heterocycles. The van der Waals surface area contributed by atoms with E-state index in [1.165, 1.54) is 6.42 Å². The van der Waals surface area contributed by atoms with Gasteiger partial charge in [-0.05, 0) is 44.2 Å². The molecule has 1 saturated heterocycles. The van der Waals surface area contributed by atoms with Gasteiger partial charge in [-0.25, -0.2) is 4.98 Å². The van der Waals surface area contributed by atoms with E-state index in [-0.39, 0.29) is 23.9 Å². The summed E-state index contributed by atoms with van der Waals surface area (Å²) in [5.41, 5.74) is 0.524. The lowest BCUT2D eigenvalue weighted by Crippen LogP contribution is -2.51. The van der Waals surface area contributed by atoms with Crippen molar-refractivity contribution in [3.63, 3.8) is 0 Å². The maximum absolute atomic E-state index is 13.6. The highest BCUT2D eigenvalue weighted by Gasteiger charge is 2.48. The Labute approximate surface area is 177 Å². The van der Waals surface area contributed by atoms with E-state index in [2.05, 4.69) is 10.3 Å². The van der Waals surface area contributed by atoms with Gasteiger partial charge < -0.3 is 19.5 Å². The molecule has 1 aromatic heterocycles. The summed E-state index contributed by atoms with van der Waals surface area (Å²) in [5.74, 6) is 0.760. The number of methoxy groups -OCH3 is 1. The smallest absolute Gasteiger partial charge is 0.258 e. The lowest BCUT2D eigenvalue weighted by atomic mass is 9.84. The van der Waals surface area contributed by atoms with Crippen molar-refractivity contribution in [1.29, 1.82) is 0 Å². The molecule has 30 heavy (non-hydrogen) atoms. The molecule has 0 bridgehead atoms. The minimum absolute atomic E-state index is 0.0578. The summed E-state index contributed by atoms with van der Waals surface area (Å²) < 4.78 is 7.37. The number of ether oxygens (including phenoxy) is 1. The molecular weight excluding hydrogens is 380 g/mol. The van der Waals surface area contributed by atoms with Gasteiger partial charge in [-0.2, -0.15) is 0 Å². The molecule has 7 nitrogen and oxygen atoms in total. The van der Waals surface area contributed by atoms with Crippen molar-refractivity contribution in [3.8, 4) is 5.75 Å². The zero-order valence-electron chi connectivity index (χ0n) is 17.7. The van der Waals surface area contributed by atoms with Gasteiger partial charge in [0, 0.05) is 31.0 Å². The van der Waals surface area contributed by atoms with E-state index < -0.39 is 6.04 Å². The number of hydrogen-bond donors (Lipinski definition) is 1. The Bertz CT molecular complexity index is 882. The molecule has 2 aliphatic rings. The van der Waals surface area contributed by atoms with Gasteiger partial charge in [0.25, 0.3) is 5.91 Å². The number of para-hydroxylation sites is 1. The van der Waals surface area contributed by atoms with E-state index in [0.29, 0.717) is 23.8 Å². The summed E-state index contributed by atoms with van der Waals surface area (Å²) >= 11 is 0. The van der Waals surface area contributed by atoms with Crippen molar-refractivity contribution in [2.75, 3.05) is 7.11 Å². The number of likely N-dealkylation sites (tertiary alicyclic amines) is 1. The second-order valence-electron chi connectivity index (χ2n) is 8.45. The second kappa shape index (κ2) is 8.90. The summed E-state index contributed by atoms with van der Waals surface area (Å²) in [5, 5.41) is 3.12. The minimum Gasteiger partial charge on any atom is -0.496 e. The van der Waals surface area contributed by atoms with Crippen molar-refractivity contribution in [2.45, 2.75) is 63.7 Å². The normalized spacial score (nSPS) is 24.2. The molecule has 1 saturated carbocycles. The van der Waals surface area contributed by atoms with E-state index in [9.17, 15) is 9.59 Å². The van der Waals surface area contributed by atoms with Crippen LogP contribution in [0, 0.1) is 5.92 Å². The van der Waals surface area contributed by atoms with Gasteiger partial charge in [-0.15, -0.1) is 0 Å². The molecule has 1 aromatic carbocycles. The minimum atomic E-state index is -0.444. The molecule has 4 atom stereocenters. The topological polar surface area (TPSA) is 76.5 Å². The molecule has 0 radical (unpaired) electrons. The number of carbonyl (C=O) groups is 2. The molecule has 160 valence electrons. The predicted octanol–water partition coefficient (Wildman–Crippen LogP) is 2.87. The lowest BCUT2D eigenvalue weighted by molar-refractivity contribution is -0.125. The quantitative estimate of drug-likeness (QED) is 0.795. The van der Waals surface area contributed by atoms with Crippen LogP contribution in [0.15, 0.2) is 43.0 Å². The highest BCUT2D eigenvalue weighted by atomic mass is 16.5. The lowest BCUT2D eigenvalue weighted by Gasteiger charge is -2.34. The van der Waals surface area contributed by atoms with Crippen molar-refractivity contribution in [3.05, 3.63) is 48.5 Å². The molecule has 0 unspecified atom stereocenters. The number of rotatable bonds is 6. The fraction of sp³-hybridized carbons (Fsp3) is 0.522. The SMILES string of the molecule is COc1ccccc1C(=O)N1[C@@H]2CCCC[C@H]2C[C@H]1C(=O)N[C@H](C)Cn1ccnc1. The van der Waals surface area contributed by atoms with Crippen LogP contribution in [0.1, 0.15) is 49.4 Å². The number of nitrogens with zero attached hydrogens (tertiary/aromatic N) is 3. The van der Waals surface area contributed by atoms with Gasteiger partial charge in [0.1, 0.15) is 11.8 Å². The summed E-state index contributed by atoms with van der Waals surface area (Å²) in [6.07, 6.45) is 10.4. The van der Waals surface area contributed by atoms with Crippen molar-refractivity contribution in [2.24, 2.45) is 5.92 Å². The number of fused-ring (bicyclic) bond motifs is 1. The first-order valence-corrected chi connectivity index (χ1v) is 10.8. The number of nitrogens with one attached hydrogen (secondary N) is 1. The van der Waals surface area contributed by atoms with Crippen LogP contribution in [-0.4, -0.2) is 51.5 Å². The van der Waals surface area contributed by atoms with Crippen LogP contribution in [-0.2, 0) is 11.3 Å². The largest absolute Gasteiger partial charge is 0.496 e. The average molecular weight is 411 g/mol. The summed E-state index contributed by atoms with van der Waals surface area (Å²) in [7, 11) is 1.57. The summed E-state index contributed by atoms with van der Waals surface area (Å²) in [6, 6.07) is 6.89. The number of benzene rings is 1. The zero-order valence-corrected chi connectivity index (χ0v) is 17.7. The molecule has 2 amide bonds. The number of amides is 2. The Hall–Kier alpha value is -2.83. The highest BCUT2D eigenvalue weighted by Crippen LogP contribution is 2.41. The van der Waals surface area contributed by atoms with Gasteiger partial charge in [0.15, 0.2) is 0 Å². The molecule has 2 fully saturated rings. The van der Waals surface area contributed by atoms with Gasteiger partial charge in [-0.3, -0.25) is 9.59 Å². The van der Waals surface area contributed by atoms with Crippen LogP contribution in [0.5, 0.6) is 5.75 Å². The molecule has 1 aliphatic carbocycles. The van der Waals surface area contributed by atoms with E-state index in [1.807, 2.05) is 34.7 Å². The van der Waals surface area contributed by atoms with Crippen molar-refractivity contribution >= 4 is 11.8 Å². The van der Waals surface area contributed by atoms with Crippen LogP contribution in [0.4, 0.5) is 0 Å². The predicted molar refractivity (Wildman–Crippen MR) is 113 cm³/mol. The van der Waals surface area contributed by atoms with Crippen LogP contribution < -0.4 is 10.1 Å². The highest BCUT2D eigenvalue weighted by molar-refractivity contribution is 6.00. The zero-order chi connectivity index (χ0) is 21.1. The van der Waals surface area contributed by atoms with E-state index in [1.54, 1.807) is 31.8 Å². The molecule has 1 N–H and O–H groups in total. The summed E-state index contributed by atoms with van der Waals surface area (Å²) in [6.45, 7) is 2.62. The number of imidazole rings is 1. The number of aromatic nitrogens is 2. The van der Waals surface area contributed by atoms with Crippen molar-refractivity contribution in [1.82, 2.24) is 19.8 Å². The van der Waals surface area contributed by atoms with Crippen LogP contribution in [0.2, 0.25) is 0 Å². The van der Waals surface area contributed by atoms with Crippen LogP contribution in [0.25, 0.3) is 0 Å².